The van der Waals surface area contributed by atoms with Gasteiger partial charge in [-0.1, -0.05) is 68.3 Å². The van der Waals surface area contributed by atoms with E-state index in [0.29, 0.717) is 11.5 Å². The molecule has 0 saturated heterocycles. The van der Waals surface area contributed by atoms with Crippen LogP contribution >= 0.6 is 0 Å². The summed E-state index contributed by atoms with van der Waals surface area (Å²) in [6, 6.07) is 19.9. The van der Waals surface area contributed by atoms with Gasteiger partial charge in [0.1, 0.15) is 0 Å². The number of aromatic nitrogens is 1. The van der Waals surface area contributed by atoms with E-state index < -0.39 is 0 Å². The highest BCUT2D eigenvalue weighted by Gasteiger charge is 2.20. The van der Waals surface area contributed by atoms with E-state index in [2.05, 4.69) is 12.2 Å². The Labute approximate surface area is 160 Å². The standard InChI is InChI=1S/C24H26N2O/c1-17-11-13-18(14-12-17)16-25-24(27)21-15-23(19-7-3-2-4-8-19)26-22-10-6-5-9-20(21)22/h2-10,15,17-18H,11-14,16H2,1H3,(H,25,27). The molecule has 1 fully saturated rings. The molecule has 0 bridgehead atoms. The van der Waals surface area contributed by atoms with E-state index in [1.807, 2.05) is 60.7 Å². The van der Waals surface area contributed by atoms with Gasteiger partial charge in [-0.2, -0.15) is 0 Å². The molecule has 1 saturated carbocycles. The van der Waals surface area contributed by atoms with E-state index in [1.54, 1.807) is 0 Å². The lowest BCUT2D eigenvalue weighted by molar-refractivity contribution is 0.0943. The third-order valence-electron chi connectivity index (χ3n) is 5.72. The van der Waals surface area contributed by atoms with Crippen molar-refractivity contribution in [1.82, 2.24) is 10.3 Å². The number of nitrogens with zero attached hydrogens (tertiary/aromatic N) is 1. The summed E-state index contributed by atoms with van der Waals surface area (Å²) in [5.41, 5.74) is 3.43. The number of nitrogens with one attached hydrogen (secondary N) is 1. The van der Waals surface area contributed by atoms with Gasteiger partial charge in [0.2, 0.25) is 0 Å². The molecule has 2 aromatic carbocycles. The Balaban J connectivity index is 1.60. The molecule has 4 rings (SSSR count). The minimum atomic E-state index is 0.00408. The maximum absolute atomic E-state index is 13.0. The van der Waals surface area contributed by atoms with Crippen molar-refractivity contribution in [2.45, 2.75) is 32.6 Å². The summed E-state index contributed by atoms with van der Waals surface area (Å²) in [5.74, 6) is 1.44. The van der Waals surface area contributed by atoms with Gasteiger partial charge in [-0.05, 0) is 36.8 Å². The van der Waals surface area contributed by atoms with Crippen LogP contribution in [0.3, 0.4) is 0 Å². The summed E-state index contributed by atoms with van der Waals surface area (Å²) in [6.07, 6.45) is 4.98. The molecule has 27 heavy (non-hydrogen) atoms. The second-order valence-electron chi connectivity index (χ2n) is 7.77. The van der Waals surface area contributed by atoms with Crippen molar-refractivity contribution in [3.63, 3.8) is 0 Å². The lowest BCUT2D eigenvalue weighted by atomic mass is 9.83. The van der Waals surface area contributed by atoms with Crippen molar-refractivity contribution in [2.75, 3.05) is 6.54 Å². The largest absolute Gasteiger partial charge is 0.352 e. The van der Waals surface area contributed by atoms with Crippen LogP contribution in [-0.2, 0) is 0 Å². The highest BCUT2D eigenvalue weighted by molar-refractivity contribution is 6.07. The molecule has 3 heteroatoms. The molecule has 1 amide bonds. The highest BCUT2D eigenvalue weighted by atomic mass is 16.1. The predicted octanol–water partition coefficient (Wildman–Crippen LogP) is 5.46. The number of pyridine rings is 1. The monoisotopic (exact) mass is 358 g/mol. The van der Waals surface area contributed by atoms with Gasteiger partial charge in [0.05, 0.1) is 16.8 Å². The number of para-hydroxylation sites is 1. The normalized spacial score (nSPS) is 19.7. The summed E-state index contributed by atoms with van der Waals surface area (Å²) < 4.78 is 0. The summed E-state index contributed by atoms with van der Waals surface area (Å²) in [7, 11) is 0. The molecular formula is C24H26N2O. The van der Waals surface area contributed by atoms with Crippen LogP contribution in [0.25, 0.3) is 22.2 Å². The lowest BCUT2D eigenvalue weighted by Crippen LogP contribution is -2.31. The SMILES string of the molecule is CC1CCC(CNC(=O)c2cc(-c3ccccc3)nc3ccccc23)CC1. The minimum Gasteiger partial charge on any atom is -0.352 e. The number of fused-ring (bicyclic) bond motifs is 1. The first kappa shape index (κ1) is 17.7. The lowest BCUT2D eigenvalue weighted by Gasteiger charge is -2.26. The van der Waals surface area contributed by atoms with Crippen LogP contribution in [0.1, 0.15) is 43.0 Å². The van der Waals surface area contributed by atoms with Crippen LogP contribution < -0.4 is 5.32 Å². The first-order valence-electron chi connectivity index (χ1n) is 9.94. The molecule has 1 aliphatic rings. The van der Waals surface area contributed by atoms with Crippen LogP contribution in [-0.4, -0.2) is 17.4 Å². The van der Waals surface area contributed by atoms with E-state index in [1.165, 1.54) is 25.7 Å². The average Bonchev–Trinajstić information content (AvgIpc) is 2.73. The average molecular weight is 358 g/mol. The number of hydrogen-bond donors (Lipinski definition) is 1. The molecule has 0 aliphatic heterocycles. The van der Waals surface area contributed by atoms with E-state index in [9.17, 15) is 4.79 Å². The molecule has 138 valence electrons. The molecule has 0 atom stereocenters. The Hall–Kier alpha value is -2.68. The van der Waals surface area contributed by atoms with Crippen LogP contribution in [0.4, 0.5) is 0 Å². The second-order valence-corrected chi connectivity index (χ2v) is 7.77. The molecule has 0 radical (unpaired) electrons. The first-order valence-corrected chi connectivity index (χ1v) is 9.94. The predicted molar refractivity (Wildman–Crippen MR) is 111 cm³/mol. The van der Waals surface area contributed by atoms with Crippen LogP contribution in [0.5, 0.6) is 0 Å². The summed E-state index contributed by atoms with van der Waals surface area (Å²) in [6.45, 7) is 3.09. The van der Waals surface area contributed by atoms with Crippen molar-refractivity contribution in [3.05, 3.63) is 66.2 Å². The van der Waals surface area contributed by atoms with Crippen molar-refractivity contribution >= 4 is 16.8 Å². The number of rotatable bonds is 4. The van der Waals surface area contributed by atoms with Gasteiger partial charge in [0, 0.05) is 17.5 Å². The molecular weight excluding hydrogens is 332 g/mol. The van der Waals surface area contributed by atoms with Gasteiger partial charge in [-0.3, -0.25) is 4.79 Å². The maximum atomic E-state index is 13.0. The van der Waals surface area contributed by atoms with Crippen molar-refractivity contribution in [3.8, 4) is 11.3 Å². The van der Waals surface area contributed by atoms with E-state index in [0.717, 1.165) is 34.6 Å². The van der Waals surface area contributed by atoms with Crippen molar-refractivity contribution in [2.24, 2.45) is 11.8 Å². The fourth-order valence-corrected chi connectivity index (χ4v) is 3.99. The third kappa shape index (κ3) is 4.02. The zero-order chi connectivity index (χ0) is 18.6. The van der Waals surface area contributed by atoms with Gasteiger partial charge >= 0.3 is 0 Å². The van der Waals surface area contributed by atoms with Gasteiger partial charge in [-0.25, -0.2) is 4.98 Å². The first-order chi connectivity index (χ1) is 13.2. The topological polar surface area (TPSA) is 42.0 Å². The Kier molecular flexibility index (Phi) is 5.19. The van der Waals surface area contributed by atoms with Crippen LogP contribution in [0, 0.1) is 11.8 Å². The highest BCUT2D eigenvalue weighted by Crippen LogP contribution is 2.28. The zero-order valence-corrected chi connectivity index (χ0v) is 15.8. The summed E-state index contributed by atoms with van der Waals surface area (Å²) in [5, 5.41) is 4.10. The number of carbonyl (C=O) groups excluding carboxylic acids is 1. The molecule has 1 N–H and O–H groups in total. The Morgan fingerprint density at radius 2 is 1.70 bits per heavy atom. The number of benzene rings is 2. The quantitative estimate of drug-likeness (QED) is 0.673. The molecule has 3 nitrogen and oxygen atoms in total. The van der Waals surface area contributed by atoms with Gasteiger partial charge in [0.15, 0.2) is 0 Å². The minimum absolute atomic E-state index is 0.00408. The number of carbonyl (C=O) groups is 1. The summed E-state index contributed by atoms with van der Waals surface area (Å²) >= 11 is 0. The van der Waals surface area contributed by atoms with Crippen LogP contribution in [0.2, 0.25) is 0 Å². The Morgan fingerprint density at radius 1 is 1.00 bits per heavy atom. The zero-order valence-electron chi connectivity index (χ0n) is 15.8. The molecule has 1 aromatic heterocycles. The van der Waals surface area contributed by atoms with Gasteiger partial charge in [0.25, 0.3) is 5.91 Å². The molecule has 0 spiro atoms. The fraction of sp³-hybridized carbons (Fsp3) is 0.333. The number of hydrogen-bond acceptors (Lipinski definition) is 2. The molecule has 3 aromatic rings. The maximum Gasteiger partial charge on any atom is 0.252 e. The Morgan fingerprint density at radius 3 is 2.48 bits per heavy atom. The van der Waals surface area contributed by atoms with Crippen molar-refractivity contribution in [1.29, 1.82) is 0 Å². The van der Waals surface area contributed by atoms with E-state index in [-0.39, 0.29) is 5.91 Å². The summed E-state index contributed by atoms with van der Waals surface area (Å²) in [4.78, 5) is 17.8. The second kappa shape index (κ2) is 7.91. The smallest absolute Gasteiger partial charge is 0.252 e. The third-order valence-corrected chi connectivity index (χ3v) is 5.72. The van der Waals surface area contributed by atoms with E-state index >= 15 is 0 Å². The molecule has 1 aliphatic carbocycles. The van der Waals surface area contributed by atoms with Crippen LogP contribution in [0.15, 0.2) is 60.7 Å². The van der Waals surface area contributed by atoms with Gasteiger partial charge in [-0.15, -0.1) is 0 Å². The Bertz CT molecular complexity index is 928. The van der Waals surface area contributed by atoms with E-state index in [4.69, 9.17) is 4.98 Å². The van der Waals surface area contributed by atoms with Gasteiger partial charge < -0.3 is 5.32 Å². The van der Waals surface area contributed by atoms with Crippen molar-refractivity contribution < 1.29 is 4.79 Å². The fourth-order valence-electron chi connectivity index (χ4n) is 3.99. The molecule has 1 heterocycles. The number of amides is 1. The molecule has 0 unspecified atom stereocenters.